The first-order chi connectivity index (χ1) is 8.36. The largest absolute Gasteiger partial charge is 0.381 e. The summed E-state index contributed by atoms with van der Waals surface area (Å²) in [7, 11) is 0. The molecule has 2 aliphatic rings. The Morgan fingerprint density at radius 2 is 1.76 bits per heavy atom. The second kappa shape index (κ2) is 7.38. The van der Waals surface area contributed by atoms with Crippen molar-refractivity contribution in [2.45, 2.75) is 64.3 Å². The predicted octanol–water partition coefficient (Wildman–Crippen LogP) is 3.36. The van der Waals surface area contributed by atoms with Gasteiger partial charge in [0.15, 0.2) is 0 Å². The lowest BCUT2D eigenvalue weighted by Crippen LogP contribution is -2.37. The fraction of sp³-hybridized carbons (Fsp3) is 1.00. The highest BCUT2D eigenvalue weighted by atomic mass is 16.5. The average Bonchev–Trinajstić information content (AvgIpc) is 2.41. The lowest BCUT2D eigenvalue weighted by Gasteiger charge is -2.29. The molecule has 100 valence electrons. The number of hydrogen-bond donors (Lipinski definition) is 1. The Morgan fingerprint density at radius 3 is 2.47 bits per heavy atom. The zero-order valence-electron chi connectivity index (χ0n) is 11.4. The molecule has 2 heteroatoms. The lowest BCUT2D eigenvalue weighted by atomic mass is 9.86. The standard InChI is InChI=1S/C15H29NO/c1-13(15-8-11-17-12-9-15)16-10-7-14-5-3-2-4-6-14/h13-16H,2-12H2,1H3. The third-order valence-electron chi connectivity index (χ3n) is 4.72. The van der Waals surface area contributed by atoms with Gasteiger partial charge in [0.05, 0.1) is 0 Å². The van der Waals surface area contributed by atoms with Crippen LogP contribution in [0.5, 0.6) is 0 Å². The van der Waals surface area contributed by atoms with Crippen LogP contribution in [0.1, 0.15) is 58.3 Å². The second-order valence-electron chi connectivity index (χ2n) is 5.99. The van der Waals surface area contributed by atoms with Crippen LogP contribution in [0.3, 0.4) is 0 Å². The molecule has 1 N–H and O–H groups in total. The molecule has 2 rings (SSSR count). The van der Waals surface area contributed by atoms with E-state index in [1.165, 1.54) is 57.9 Å². The third kappa shape index (κ3) is 4.59. The van der Waals surface area contributed by atoms with Crippen LogP contribution in [0.25, 0.3) is 0 Å². The van der Waals surface area contributed by atoms with Crippen molar-refractivity contribution in [2.75, 3.05) is 19.8 Å². The van der Waals surface area contributed by atoms with E-state index in [-0.39, 0.29) is 0 Å². The molecular formula is C15H29NO. The summed E-state index contributed by atoms with van der Waals surface area (Å²) in [5.41, 5.74) is 0. The Balaban J connectivity index is 1.57. The average molecular weight is 239 g/mol. The maximum Gasteiger partial charge on any atom is 0.0469 e. The van der Waals surface area contributed by atoms with Gasteiger partial charge in [0.25, 0.3) is 0 Å². The van der Waals surface area contributed by atoms with Gasteiger partial charge in [-0.05, 0) is 44.6 Å². The van der Waals surface area contributed by atoms with Crippen molar-refractivity contribution < 1.29 is 4.74 Å². The highest BCUT2D eigenvalue weighted by molar-refractivity contribution is 4.75. The summed E-state index contributed by atoms with van der Waals surface area (Å²) in [5, 5.41) is 3.74. The van der Waals surface area contributed by atoms with Crippen LogP contribution in [0.2, 0.25) is 0 Å². The SMILES string of the molecule is CC(NCCC1CCCCC1)C1CCOCC1. The van der Waals surface area contributed by atoms with E-state index >= 15 is 0 Å². The van der Waals surface area contributed by atoms with Crippen molar-refractivity contribution in [3.63, 3.8) is 0 Å². The van der Waals surface area contributed by atoms with Gasteiger partial charge in [-0.1, -0.05) is 32.1 Å². The number of nitrogens with one attached hydrogen (secondary N) is 1. The molecule has 0 bridgehead atoms. The van der Waals surface area contributed by atoms with E-state index in [1.807, 2.05) is 0 Å². The first kappa shape index (κ1) is 13.4. The van der Waals surface area contributed by atoms with Crippen LogP contribution in [-0.4, -0.2) is 25.8 Å². The van der Waals surface area contributed by atoms with Crippen LogP contribution in [0.4, 0.5) is 0 Å². The zero-order chi connectivity index (χ0) is 11.9. The van der Waals surface area contributed by atoms with E-state index in [9.17, 15) is 0 Å². The molecule has 1 saturated heterocycles. The van der Waals surface area contributed by atoms with Crippen molar-refractivity contribution in [1.29, 1.82) is 0 Å². The fourth-order valence-corrected chi connectivity index (χ4v) is 3.37. The highest BCUT2D eigenvalue weighted by Gasteiger charge is 2.20. The minimum Gasteiger partial charge on any atom is -0.381 e. The van der Waals surface area contributed by atoms with Gasteiger partial charge < -0.3 is 10.1 Å². The zero-order valence-corrected chi connectivity index (χ0v) is 11.4. The summed E-state index contributed by atoms with van der Waals surface area (Å²) in [6, 6.07) is 0.683. The molecule has 2 fully saturated rings. The molecule has 0 aromatic heterocycles. The van der Waals surface area contributed by atoms with Crippen LogP contribution in [0.15, 0.2) is 0 Å². The normalized spacial score (nSPS) is 25.9. The minimum atomic E-state index is 0.683. The summed E-state index contributed by atoms with van der Waals surface area (Å²) in [5.74, 6) is 1.85. The Bertz CT molecular complexity index is 195. The molecule has 1 aliphatic heterocycles. The van der Waals surface area contributed by atoms with Crippen LogP contribution >= 0.6 is 0 Å². The van der Waals surface area contributed by atoms with Crippen molar-refractivity contribution in [3.05, 3.63) is 0 Å². The third-order valence-corrected chi connectivity index (χ3v) is 4.72. The van der Waals surface area contributed by atoms with Gasteiger partial charge in [0.1, 0.15) is 0 Å². The number of ether oxygens (including phenoxy) is 1. The molecule has 1 atom stereocenters. The summed E-state index contributed by atoms with van der Waals surface area (Å²) in [6.07, 6.45) is 11.3. The van der Waals surface area contributed by atoms with E-state index in [0.717, 1.165) is 25.0 Å². The molecule has 2 nitrogen and oxygen atoms in total. The molecular weight excluding hydrogens is 210 g/mol. The Morgan fingerprint density at radius 1 is 1.06 bits per heavy atom. The van der Waals surface area contributed by atoms with Gasteiger partial charge >= 0.3 is 0 Å². The summed E-state index contributed by atoms with van der Waals surface area (Å²) < 4.78 is 5.42. The first-order valence-corrected chi connectivity index (χ1v) is 7.67. The van der Waals surface area contributed by atoms with Crippen LogP contribution in [-0.2, 0) is 4.74 Å². The van der Waals surface area contributed by atoms with E-state index in [4.69, 9.17) is 4.74 Å². The van der Waals surface area contributed by atoms with Crippen LogP contribution in [0, 0.1) is 11.8 Å². The van der Waals surface area contributed by atoms with Gasteiger partial charge in [-0.25, -0.2) is 0 Å². The smallest absolute Gasteiger partial charge is 0.0469 e. The summed E-state index contributed by atoms with van der Waals surface area (Å²) >= 11 is 0. The second-order valence-corrected chi connectivity index (χ2v) is 5.99. The van der Waals surface area contributed by atoms with Crippen molar-refractivity contribution in [1.82, 2.24) is 5.32 Å². The monoisotopic (exact) mass is 239 g/mol. The van der Waals surface area contributed by atoms with Gasteiger partial charge in [0.2, 0.25) is 0 Å². The molecule has 17 heavy (non-hydrogen) atoms. The molecule has 1 saturated carbocycles. The number of rotatable bonds is 5. The minimum absolute atomic E-state index is 0.683. The molecule has 0 spiro atoms. The van der Waals surface area contributed by atoms with Gasteiger partial charge in [-0.3, -0.25) is 0 Å². The summed E-state index contributed by atoms with van der Waals surface area (Å²) in [6.45, 7) is 5.53. The van der Waals surface area contributed by atoms with Crippen LogP contribution < -0.4 is 5.32 Å². The quantitative estimate of drug-likeness (QED) is 0.794. The molecule has 0 amide bonds. The topological polar surface area (TPSA) is 21.3 Å². The van der Waals surface area contributed by atoms with Crippen molar-refractivity contribution >= 4 is 0 Å². The molecule has 0 aromatic rings. The van der Waals surface area contributed by atoms with Crippen molar-refractivity contribution in [3.8, 4) is 0 Å². The molecule has 0 aromatic carbocycles. The van der Waals surface area contributed by atoms with E-state index in [1.54, 1.807) is 0 Å². The fourth-order valence-electron chi connectivity index (χ4n) is 3.37. The predicted molar refractivity (Wildman–Crippen MR) is 72.2 cm³/mol. The first-order valence-electron chi connectivity index (χ1n) is 7.67. The van der Waals surface area contributed by atoms with E-state index < -0.39 is 0 Å². The highest BCUT2D eigenvalue weighted by Crippen LogP contribution is 2.26. The maximum atomic E-state index is 5.42. The Hall–Kier alpha value is -0.0800. The molecule has 1 aliphatic carbocycles. The van der Waals surface area contributed by atoms with Crippen molar-refractivity contribution in [2.24, 2.45) is 11.8 Å². The van der Waals surface area contributed by atoms with E-state index in [0.29, 0.717) is 6.04 Å². The van der Waals surface area contributed by atoms with E-state index in [2.05, 4.69) is 12.2 Å². The molecule has 1 unspecified atom stereocenters. The lowest BCUT2D eigenvalue weighted by molar-refractivity contribution is 0.0558. The number of hydrogen-bond acceptors (Lipinski definition) is 2. The summed E-state index contributed by atoms with van der Waals surface area (Å²) in [4.78, 5) is 0. The van der Waals surface area contributed by atoms with Gasteiger partial charge in [-0.15, -0.1) is 0 Å². The Labute approximate surface area is 107 Å². The van der Waals surface area contributed by atoms with Gasteiger partial charge in [-0.2, -0.15) is 0 Å². The molecule has 1 heterocycles. The Kier molecular flexibility index (Phi) is 5.79. The molecule has 0 radical (unpaired) electrons. The maximum absolute atomic E-state index is 5.42. The van der Waals surface area contributed by atoms with Gasteiger partial charge in [0, 0.05) is 19.3 Å².